The first-order valence-electron chi connectivity index (χ1n) is 2.83. The third kappa shape index (κ3) is 7.78. The second kappa shape index (κ2) is 5.91. The maximum absolute atomic E-state index is 10.1. The standard InChI is InChI=1S/C5H12N2OS/c6-2-4-9-3-1-5(7)8/h1-4,6H2,(H2,7,8). The van der Waals surface area contributed by atoms with Gasteiger partial charge in [-0.15, -0.1) is 0 Å². The van der Waals surface area contributed by atoms with Gasteiger partial charge in [0, 0.05) is 24.5 Å². The molecule has 0 aromatic carbocycles. The van der Waals surface area contributed by atoms with E-state index in [2.05, 4.69) is 0 Å². The molecule has 0 fully saturated rings. The van der Waals surface area contributed by atoms with Gasteiger partial charge in [-0.05, 0) is 0 Å². The van der Waals surface area contributed by atoms with Crippen LogP contribution < -0.4 is 11.5 Å². The summed E-state index contributed by atoms with van der Waals surface area (Å²) in [6.45, 7) is 0.670. The lowest BCUT2D eigenvalue weighted by atomic mass is 10.5. The molecule has 0 bridgehead atoms. The molecule has 54 valence electrons. The average Bonchev–Trinajstić information content (AvgIpc) is 1.80. The van der Waals surface area contributed by atoms with Gasteiger partial charge in [0.05, 0.1) is 0 Å². The van der Waals surface area contributed by atoms with Gasteiger partial charge < -0.3 is 11.5 Å². The van der Waals surface area contributed by atoms with Crippen LogP contribution in [-0.2, 0) is 4.79 Å². The first kappa shape index (κ1) is 8.78. The number of hydrogen-bond acceptors (Lipinski definition) is 3. The van der Waals surface area contributed by atoms with Crippen molar-refractivity contribution in [3.63, 3.8) is 0 Å². The summed E-state index contributed by atoms with van der Waals surface area (Å²) < 4.78 is 0. The highest BCUT2D eigenvalue weighted by atomic mass is 32.2. The first-order chi connectivity index (χ1) is 4.27. The van der Waals surface area contributed by atoms with Crippen LogP contribution in [0.5, 0.6) is 0 Å². The fourth-order valence-electron chi connectivity index (χ4n) is 0.358. The van der Waals surface area contributed by atoms with E-state index in [1.54, 1.807) is 11.8 Å². The molecule has 0 aliphatic carbocycles. The van der Waals surface area contributed by atoms with Crippen LogP contribution >= 0.6 is 11.8 Å². The SMILES string of the molecule is NCCSCCC(N)=O. The van der Waals surface area contributed by atoms with E-state index in [0.29, 0.717) is 13.0 Å². The molecule has 4 N–H and O–H groups in total. The number of carbonyl (C=O) groups is 1. The van der Waals surface area contributed by atoms with Crippen molar-refractivity contribution >= 4 is 17.7 Å². The van der Waals surface area contributed by atoms with Crippen LogP contribution in [-0.4, -0.2) is 24.0 Å². The smallest absolute Gasteiger partial charge is 0.218 e. The van der Waals surface area contributed by atoms with E-state index in [0.717, 1.165) is 11.5 Å². The molecule has 0 unspecified atom stereocenters. The van der Waals surface area contributed by atoms with Crippen LogP contribution in [0.1, 0.15) is 6.42 Å². The van der Waals surface area contributed by atoms with Gasteiger partial charge in [-0.2, -0.15) is 11.8 Å². The molecule has 3 nitrogen and oxygen atoms in total. The van der Waals surface area contributed by atoms with E-state index in [1.807, 2.05) is 0 Å². The molecular weight excluding hydrogens is 136 g/mol. The summed E-state index contributed by atoms with van der Waals surface area (Å²) in [5.41, 5.74) is 10.1. The van der Waals surface area contributed by atoms with Crippen LogP contribution in [0.4, 0.5) is 0 Å². The fraction of sp³-hybridized carbons (Fsp3) is 0.800. The Morgan fingerprint density at radius 1 is 1.44 bits per heavy atom. The Bertz CT molecular complexity index is 87.0. The van der Waals surface area contributed by atoms with Gasteiger partial charge in [-0.3, -0.25) is 4.79 Å². The monoisotopic (exact) mass is 148 g/mol. The Balaban J connectivity index is 2.83. The zero-order chi connectivity index (χ0) is 7.11. The number of rotatable bonds is 5. The van der Waals surface area contributed by atoms with Crippen molar-refractivity contribution in [2.45, 2.75) is 6.42 Å². The maximum Gasteiger partial charge on any atom is 0.218 e. The molecule has 0 atom stereocenters. The third-order valence-corrected chi connectivity index (χ3v) is 1.77. The molecule has 0 saturated carbocycles. The Hall–Kier alpha value is -0.220. The van der Waals surface area contributed by atoms with Crippen LogP contribution in [0.3, 0.4) is 0 Å². The molecule has 0 saturated heterocycles. The third-order valence-electron chi connectivity index (χ3n) is 0.755. The van der Waals surface area contributed by atoms with E-state index >= 15 is 0 Å². The van der Waals surface area contributed by atoms with Gasteiger partial charge >= 0.3 is 0 Å². The fourth-order valence-corrected chi connectivity index (χ4v) is 1.07. The molecule has 0 aliphatic heterocycles. The van der Waals surface area contributed by atoms with Crippen LogP contribution in [0.2, 0.25) is 0 Å². The topological polar surface area (TPSA) is 69.1 Å². The predicted molar refractivity (Wildman–Crippen MR) is 40.2 cm³/mol. The van der Waals surface area contributed by atoms with Crippen LogP contribution in [0.15, 0.2) is 0 Å². The molecular formula is C5H12N2OS. The molecule has 0 spiro atoms. The van der Waals surface area contributed by atoms with E-state index in [4.69, 9.17) is 11.5 Å². The van der Waals surface area contributed by atoms with Gasteiger partial charge in [-0.1, -0.05) is 0 Å². The minimum absolute atomic E-state index is 0.237. The summed E-state index contributed by atoms with van der Waals surface area (Å²) in [7, 11) is 0. The Kier molecular flexibility index (Phi) is 5.76. The summed E-state index contributed by atoms with van der Waals surface area (Å²) in [5, 5.41) is 0. The van der Waals surface area contributed by atoms with Crippen molar-refractivity contribution in [2.75, 3.05) is 18.1 Å². The van der Waals surface area contributed by atoms with E-state index in [1.165, 1.54) is 0 Å². The number of hydrogen-bond donors (Lipinski definition) is 2. The number of primary amides is 1. The minimum atomic E-state index is -0.237. The van der Waals surface area contributed by atoms with Gasteiger partial charge in [0.1, 0.15) is 0 Å². The summed E-state index contributed by atoms with van der Waals surface area (Å²) in [4.78, 5) is 10.1. The number of thioether (sulfide) groups is 1. The molecule has 0 radical (unpaired) electrons. The summed E-state index contributed by atoms with van der Waals surface area (Å²) in [6, 6.07) is 0. The van der Waals surface area contributed by atoms with Crippen molar-refractivity contribution in [1.29, 1.82) is 0 Å². The van der Waals surface area contributed by atoms with Gasteiger partial charge in [0.15, 0.2) is 0 Å². The van der Waals surface area contributed by atoms with Crippen molar-refractivity contribution < 1.29 is 4.79 Å². The molecule has 1 amide bonds. The molecule has 0 aromatic rings. The average molecular weight is 148 g/mol. The van der Waals surface area contributed by atoms with E-state index < -0.39 is 0 Å². The molecule has 0 aliphatic rings. The lowest BCUT2D eigenvalue weighted by molar-refractivity contribution is -0.117. The largest absolute Gasteiger partial charge is 0.370 e. The number of nitrogens with two attached hydrogens (primary N) is 2. The number of carbonyl (C=O) groups excluding carboxylic acids is 1. The zero-order valence-electron chi connectivity index (χ0n) is 5.30. The normalized spacial score (nSPS) is 9.44. The maximum atomic E-state index is 10.1. The highest BCUT2D eigenvalue weighted by Gasteiger charge is 1.92. The van der Waals surface area contributed by atoms with E-state index in [9.17, 15) is 4.79 Å². The molecule has 0 heterocycles. The molecule has 0 rings (SSSR count). The Labute approximate surface area is 59.2 Å². The summed E-state index contributed by atoms with van der Waals surface area (Å²) >= 11 is 1.66. The van der Waals surface area contributed by atoms with Crippen LogP contribution in [0.25, 0.3) is 0 Å². The van der Waals surface area contributed by atoms with Gasteiger partial charge in [-0.25, -0.2) is 0 Å². The lowest BCUT2D eigenvalue weighted by Crippen LogP contribution is -2.11. The van der Waals surface area contributed by atoms with Crippen molar-refractivity contribution in [2.24, 2.45) is 11.5 Å². The second-order valence-electron chi connectivity index (χ2n) is 1.62. The van der Waals surface area contributed by atoms with Crippen molar-refractivity contribution in [3.05, 3.63) is 0 Å². The highest BCUT2D eigenvalue weighted by Crippen LogP contribution is 1.98. The minimum Gasteiger partial charge on any atom is -0.370 e. The van der Waals surface area contributed by atoms with E-state index in [-0.39, 0.29) is 5.91 Å². The summed E-state index contributed by atoms with van der Waals surface area (Å²) in [5.74, 6) is 1.47. The predicted octanol–water partition coefficient (Wildman–Crippen LogP) is -0.446. The zero-order valence-corrected chi connectivity index (χ0v) is 6.12. The lowest BCUT2D eigenvalue weighted by Gasteiger charge is -1.94. The number of amides is 1. The molecule has 4 heteroatoms. The van der Waals surface area contributed by atoms with Gasteiger partial charge in [0.2, 0.25) is 5.91 Å². The second-order valence-corrected chi connectivity index (χ2v) is 2.84. The van der Waals surface area contributed by atoms with Crippen molar-refractivity contribution in [1.82, 2.24) is 0 Å². The molecule has 9 heavy (non-hydrogen) atoms. The highest BCUT2D eigenvalue weighted by molar-refractivity contribution is 7.99. The molecule has 0 aromatic heterocycles. The Morgan fingerprint density at radius 2 is 2.11 bits per heavy atom. The first-order valence-corrected chi connectivity index (χ1v) is 3.99. The quantitative estimate of drug-likeness (QED) is 0.519. The van der Waals surface area contributed by atoms with Gasteiger partial charge in [0.25, 0.3) is 0 Å². The van der Waals surface area contributed by atoms with Crippen LogP contribution in [0, 0.1) is 0 Å². The summed E-state index contributed by atoms with van der Waals surface area (Å²) in [6.07, 6.45) is 0.463. The Morgan fingerprint density at radius 3 is 2.56 bits per heavy atom. The van der Waals surface area contributed by atoms with Crippen molar-refractivity contribution in [3.8, 4) is 0 Å².